The molecule has 4 nitrogen and oxygen atoms in total. The predicted molar refractivity (Wildman–Crippen MR) is 213 cm³/mol. The molecular weight excluding hydrogens is 649 g/mol. The average Bonchev–Trinajstić information content (AvgIpc) is 3.46. The first-order valence-corrected chi connectivity index (χ1v) is 18.0. The summed E-state index contributed by atoms with van der Waals surface area (Å²) in [6, 6.07) is 58.8. The fraction of sp³-hybridized carbons (Fsp3) is 0.0612. The van der Waals surface area contributed by atoms with Crippen LogP contribution in [0.25, 0.3) is 67.3 Å². The van der Waals surface area contributed by atoms with Crippen molar-refractivity contribution < 1.29 is 9.47 Å². The maximum Gasteiger partial charge on any atom is 0.178 e. The van der Waals surface area contributed by atoms with Crippen LogP contribution >= 0.6 is 0 Å². The molecule has 0 fully saturated rings. The van der Waals surface area contributed by atoms with E-state index in [-0.39, 0.29) is 5.41 Å². The molecule has 1 aliphatic heterocycles. The molecule has 1 aromatic heterocycles. The topological polar surface area (TPSA) is 44.2 Å². The maximum absolute atomic E-state index is 6.73. The summed E-state index contributed by atoms with van der Waals surface area (Å²) in [7, 11) is 0. The highest BCUT2D eigenvalue weighted by Crippen LogP contribution is 2.58. The lowest BCUT2D eigenvalue weighted by atomic mass is 9.82. The Labute approximate surface area is 309 Å². The second-order valence-electron chi connectivity index (χ2n) is 14.2. The molecular formula is C49H34N2O2. The molecule has 2 heterocycles. The molecule has 0 bridgehead atoms. The number of nitrogens with zero attached hydrogens (tertiary/aromatic N) is 2. The third-order valence-corrected chi connectivity index (χ3v) is 10.6. The van der Waals surface area contributed by atoms with Crippen molar-refractivity contribution in [1.82, 2.24) is 9.97 Å². The molecule has 8 aromatic rings. The van der Waals surface area contributed by atoms with Gasteiger partial charge in [0.2, 0.25) is 0 Å². The van der Waals surface area contributed by atoms with Crippen molar-refractivity contribution in [2.75, 3.05) is 0 Å². The fourth-order valence-corrected chi connectivity index (χ4v) is 7.79. The molecule has 0 radical (unpaired) electrons. The summed E-state index contributed by atoms with van der Waals surface area (Å²) in [6.07, 6.45) is 0. The maximum atomic E-state index is 6.73. The molecule has 0 spiro atoms. The van der Waals surface area contributed by atoms with Gasteiger partial charge in [0, 0.05) is 27.7 Å². The van der Waals surface area contributed by atoms with Crippen molar-refractivity contribution in [3.8, 4) is 90.3 Å². The number of fused-ring (bicyclic) bond motifs is 6. The van der Waals surface area contributed by atoms with Crippen molar-refractivity contribution in [3.05, 3.63) is 181 Å². The Hall–Kier alpha value is -6.78. The lowest BCUT2D eigenvalue weighted by molar-refractivity contribution is 0.360. The minimum Gasteiger partial charge on any atom is -0.449 e. The van der Waals surface area contributed by atoms with Gasteiger partial charge in [0.05, 0.1) is 11.4 Å². The van der Waals surface area contributed by atoms with Crippen LogP contribution in [0.15, 0.2) is 170 Å². The standard InChI is InChI=1S/C49H34N2O2/c1-49(2)39-19-10-9-18-38(39)46-40(49)25-27-44-47(46)53-45-29-36(24-26-43(45)52-44)32-20-22-34(23-21-32)42-30-41(33-14-7-4-8-15-33)50-48(51-42)37-17-11-16-35(28-37)31-12-5-3-6-13-31/h3-30H,1-2H3. The SMILES string of the molecule is CC1(C)c2ccccc2-c2c1ccc1c2Oc2cc(-c3ccc(-c4cc(-c5ccccc5)nc(-c5cccc(-c6ccccc6)c5)n4)cc3)ccc2O1. The summed E-state index contributed by atoms with van der Waals surface area (Å²) >= 11 is 0. The third kappa shape index (κ3) is 5.30. The molecule has 0 atom stereocenters. The molecule has 0 unspecified atom stereocenters. The zero-order valence-corrected chi connectivity index (χ0v) is 29.4. The predicted octanol–water partition coefficient (Wildman–Crippen LogP) is 13.0. The van der Waals surface area contributed by atoms with E-state index in [1.807, 2.05) is 36.4 Å². The van der Waals surface area contributed by atoms with E-state index in [1.165, 1.54) is 16.7 Å². The molecule has 0 saturated heterocycles. The number of ether oxygens (including phenoxy) is 2. The summed E-state index contributed by atoms with van der Waals surface area (Å²) in [5, 5.41) is 0. The van der Waals surface area contributed by atoms with Gasteiger partial charge in [-0.1, -0.05) is 153 Å². The second kappa shape index (κ2) is 12.2. The van der Waals surface area contributed by atoms with Crippen LogP contribution in [0.1, 0.15) is 25.0 Å². The van der Waals surface area contributed by atoms with Gasteiger partial charge in [0.1, 0.15) is 0 Å². The number of hydrogen-bond acceptors (Lipinski definition) is 4. The normalized spacial score (nSPS) is 13.2. The van der Waals surface area contributed by atoms with Gasteiger partial charge in [-0.15, -0.1) is 0 Å². The number of hydrogen-bond donors (Lipinski definition) is 0. The number of aromatic nitrogens is 2. The van der Waals surface area contributed by atoms with E-state index in [0.717, 1.165) is 67.4 Å². The Bertz CT molecular complexity index is 2680. The molecule has 252 valence electrons. The smallest absolute Gasteiger partial charge is 0.178 e. The first-order valence-electron chi connectivity index (χ1n) is 18.0. The lowest BCUT2D eigenvalue weighted by Gasteiger charge is -2.25. The van der Waals surface area contributed by atoms with E-state index >= 15 is 0 Å². The van der Waals surface area contributed by atoms with Crippen LogP contribution in [-0.4, -0.2) is 9.97 Å². The van der Waals surface area contributed by atoms with Crippen molar-refractivity contribution in [1.29, 1.82) is 0 Å². The highest BCUT2D eigenvalue weighted by Gasteiger charge is 2.39. The van der Waals surface area contributed by atoms with E-state index in [2.05, 4.69) is 147 Å². The van der Waals surface area contributed by atoms with Crippen LogP contribution in [-0.2, 0) is 5.41 Å². The van der Waals surface area contributed by atoms with Gasteiger partial charge in [-0.05, 0) is 69.3 Å². The van der Waals surface area contributed by atoms with Gasteiger partial charge in [-0.25, -0.2) is 9.97 Å². The average molecular weight is 683 g/mol. The van der Waals surface area contributed by atoms with Gasteiger partial charge in [0.15, 0.2) is 28.8 Å². The van der Waals surface area contributed by atoms with Crippen molar-refractivity contribution in [2.24, 2.45) is 0 Å². The number of rotatable bonds is 5. The zero-order valence-electron chi connectivity index (χ0n) is 29.4. The van der Waals surface area contributed by atoms with Crippen molar-refractivity contribution in [3.63, 3.8) is 0 Å². The Balaban J connectivity index is 0.995. The summed E-state index contributed by atoms with van der Waals surface area (Å²) in [6.45, 7) is 4.55. The summed E-state index contributed by atoms with van der Waals surface area (Å²) in [5.74, 6) is 3.63. The molecule has 0 N–H and O–H groups in total. The Morgan fingerprint density at radius 1 is 0.396 bits per heavy atom. The van der Waals surface area contributed by atoms with E-state index < -0.39 is 0 Å². The quantitative estimate of drug-likeness (QED) is 0.181. The third-order valence-electron chi connectivity index (χ3n) is 10.6. The Kier molecular flexibility index (Phi) is 7.12. The first kappa shape index (κ1) is 31.0. The van der Waals surface area contributed by atoms with Crippen LogP contribution in [0.3, 0.4) is 0 Å². The molecule has 10 rings (SSSR count). The van der Waals surface area contributed by atoms with Gasteiger partial charge in [-0.2, -0.15) is 0 Å². The molecule has 1 aliphatic carbocycles. The Morgan fingerprint density at radius 3 is 1.74 bits per heavy atom. The van der Waals surface area contributed by atoms with Crippen LogP contribution in [0.5, 0.6) is 23.0 Å². The van der Waals surface area contributed by atoms with E-state index in [0.29, 0.717) is 17.3 Å². The van der Waals surface area contributed by atoms with Crippen molar-refractivity contribution >= 4 is 0 Å². The van der Waals surface area contributed by atoms with E-state index in [4.69, 9.17) is 19.4 Å². The van der Waals surface area contributed by atoms with Gasteiger partial charge < -0.3 is 9.47 Å². The van der Waals surface area contributed by atoms with E-state index in [9.17, 15) is 0 Å². The van der Waals surface area contributed by atoms with Gasteiger partial charge >= 0.3 is 0 Å². The molecule has 0 amide bonds. The minimum absolute atomic E-state index is 0.118. The van der Waals surface area contributed by atoms with E-state index in [1.54, 1.807) is 0 Å². The van der Waals surface area contributed by atoms with Crippen LogP contribution in [0.2, 0.25) is 0 Å². The summed E-state index contributed by atoms with van der Waals surface area (Å²) in [5.41, 5.74) is 13.9. The van der Waals surface area contributed by atoms with Crippen molar-refractivity contribution in [2.45, 2.75) is 19.3 Å². The lowest BCUT2D eigenvalue weighted by Crippen LogP contribution is -2.15. The van der Waals surface area contributed by atoms with Crippen LogP contribution < -0.4 is 9.47 Å². The van der Waals surface area contributed by atoms with Gasteiger partial charge in [0.25, 0.3) is 0 Å². The molecule has 2 aliphatic rings. The van der Waals surface area contributed by atoms with Gasteiger partial charge in [-0.3, -0.25) is 0 Å². The zero-order chi connectivity index (χ0) is 35.5. The number of benzene rings is 7. The molecule has 4 heteroatoms. The summed E-state index contributed by atoms with van der Waals surface area (Å²) in [4.78, 5) is 10.2. The summed E-state index contributed by atoms with van der Waals surface area (Å²) < 4.78 is 13.2. The molecule has 0 saturated carbocycles. The highest BCUT2D eigenvalue weighted by atomic mass is 16.6. The minimum atomic E-state index is -0.118. The monoisotopic (exact) mass is 682 g/mol. The second-order valence-corrected chi connectivity index (χ2v) is 14.2. The first-order chi connectivity index (χ1) is 26.0. The fourth-order valence-electron chi connectivity index (χ4n) is 7.79. The largest absolute Gasteiger partial charge is 0.449 e. The van der Waals surface area contributed by atoms with Crippen LogP contribution in [0.4, 0.5) is 0 Å². The molecule has 53 heavy (non-hydrogen) atoms. The highest BCUT2D eigenvalue weighted by molar-refractivity contribution is 5.88. The molecule has 7 aromatic carbocycles. The van der Waals surface area contributed by atoms with Crippen LogP contribution in [0, 0.1) is 0 Å². The Morgan fingerprint density at radius 2 is 0.962 bits per heavy atom.